The van der Waals surface area contributed by atoms with Crippen molar-refractivity contribution in [2.24, 2.45) is 0 Å². The summed E-state index contributed by atoms with van der Waals surface area (Å²) in [6.45, 7) is 3.30. The van der Waals surface area contributed by atoms with Crippen LogP contribution >= 0.6 is 11.6 Å². The number of Topliss-reactive ketones (excluding diaryl/α,β-unsaturated/α-hetero) is 1. The van der Waals surface area contributed by atoms with E-state index < -0.39 is 30.0 Å². The molecule has 0 N–H and O–H groups in total. The van der Waals surface area contributed by atoms with Crippen LogP contribution in [0.3, 0.4) is 0 Å². The van der Waals surface area contributed by atoms with Crippen LogP contribution in [-0.4, -0.2) is 40.1 Å². The minimum Gasteiger partial charge on any atom is -0.292 e. The van der Waals surface area contributed by atoms with Gasteiger partial charge in [-0.3, -0.25) is 19.2 Å². The Bertz CT molecular complexity index is 1250. The lowest BCUT2D eigenvalue weighted by Gasteiger charge is -2.29. The minimum atomic E-state index is -0.720. The van der Waals surface area contributed by atoms with Crippen molar-refractivity contribution in [3.8, 4) is 0 Å². The quantitative estimate of drug-likeness (QED) is 0.427. The van der Waals surface area contributed by atoms with Crippen molar-refractivity contribution < 1.29 is 19.2 Å². The Labute approximate surface area is 190 Å². The Balaban J connectivity index is 1.75. The van der Waals surface area contributed by atoms with Gasteiger partial charge in [0.1, 0.15) is 6.54 Å². The number of carbonyl (C=O) groups excluding carboxylic acids is 4. The topological polar surface area (TPSA) is 74.8 Å². The molecule has 160 valence electrons. The number of hydrazine groups is 1. The van der Waals surface area contributed by atoms with Crippen molar-refractivity contribution in [3.63, 3.8) is 0 Å². The molecule has 3 amide bonds. The number of hydrogen-bond donors (Lipinski definition) is 0. The first-order valence-corrected chi connectivity index (χ1v) is 10.3. The number of halogens is 1. The van der Waals surface area contributed by atoms with Crippen LogP contribution in [0.5, 0.6) is 0 Å². The van der Waals surface area contributed by atoms with Crippen LogP contribution in [0, 0.1) is 13.8 Å². The molecule has 6 nitrogen and oxygen atoms in total. The van der Waals surface area contributed by atoms with E-state index in [1.54, 1.807) is 36.4 Å². The molecule has 0 unspecified atom stereocenters. The van der Waals surface area contributed by atoms with Gasteiger partial charge < -0.3 is 0 Å². The normalized spacial score (nSPS) is 12.7. The zero-order valence-corrected chi connectivity index (χ0v) is 18.2. The van der Waals surface area contributed by atoms with E-state index in [1.165, 1.54) is 24.3 Å². The van der Waals surface area contributed by atoms with Crippen molar-refractivity contribution in [2.75, 3.05) is 6.54 Å². The number of carbonyl (C=O) groups is 4. The van der Waals surface area contributed by atoms with Crippen LogP contribution in [0.1, 0.15) is 52.6 Å². The Kier molecular flexibility index (Phi) is 5.63. The van der Waals surface area contributed by atoms with E-state index in [4.69, 9.17) is 11.6 Å². The van der Waals surface area contributed by atoms with E-state index in [0.717, 1.165) is 21.1 Å². The summed E-state index contributed by atoms with van der Waals surface area (Å²) < 4.78 is 0. The number of amides is 3. The predicted octanol–water partition coefficient (Wildman–Crippen LogP) is 4.49. The number of aryl methyl sites for hydroxylation is 2. The van der Waals surface area contributed by atoms with E-state index in [2.05, 4.69) is 0 Å². The summed E-state index contributed by atoms with van der Waals surface area (Å²) in [5.74, 6) is -2.47. The van der Waals surface area contributed by atoms with E-state index in [-0.39, 0.29) is 21.7 Å². The minimum absolute atomic E-state index is 0.0820. The molecular formula is C25H19ClN2O4. The molecule has 0 atom stereocenters. The van der Waals surface area contributed by atoms with Gasteiger partial charge in [-0.1, -0.05) is 48.0 Å². The van der Waals surface area contributed by atoms with Crippen LogP contribution in [-0.2, 0) is 0 Å². The largest absolute Gasteiger partial charge is 0.292 e. The summed E-state index contributed by atoms with van der Waals surface area (Å²) in [5.41, 5.74) is 2.74. The number of hydrogen-bond acceptors (Lipinski definition) is 4. The second-order valence-corrected chi connectivity index (χ2v) is 7.94. The first kappa shape index (κ1) is 21.5. The fourth-order valence-electron chi connectivity index (χ4n) is 3.54. The molecular weight excluding hydrogens is 428 g/mol. The highest BCUT2D eigenvalue weighted by Gasteiger charge is 2.42. The number of ketones is 1. The summed E-state index contributed by atoms with van der Waals surface area (Å²) in [6.07, 6.45) is 0. The van der Waals surface area contributed by atoms with E-state index in [1.807, 2.05) is 19.9 Å². The highest BCUT2D eigenvalue weighted by Crippen LogP contribution is 2.27. The number of imide groups is 1. The summed E-state index contributed by atoms with van der Waals surface area (Å²) in [6, 6.07) is 17.8. The maximum Gasteiger partial charge on any atom is 0.280 e. The van der Waals surface area contributed by atoms with Crippen molar-refractivity contribution in [3.05, 3.63) is 105 Å². The molecule has 0 saturated heterocycles. The first-order chi connectivity index (χ1) is 15.3. The van der Waals surface area contributed by atoms with Gasteiger partial charge in [0.15, 0.2) is 5.78 Å². The van der Waals surface area contributed by atoms with Crippen LogP contribution in [0.25, 0.3) is 0 Å². The molecule has 0 aliphatic carbocycles. The third-order valence-electron chi connectivity index (χ3n) is 5.47. The van der Waals surface area contributed by atoms with Gasteiger partial charge in [-0.05, 0) is 55.3 Å². The standard InChI is InChI=1S/C25H19ClN2O4/c1-15-11-12-17(13-16(15)2)22(29)14-27(23(30)20-9-5-6-10-21(20)26)28-24(31)18-7-3-4-8-19(18)25(28)32/h3-13H,14H2,1-2H3. The monoisotopic (exact) mass is 446 g/mol. The fourth-order valence-corrected chi connectivity index (χ4v) is 3.76. The van der Waals surface area contributed by atoms with Gasteiger partial charge in [0.25, 0.3) is 17.7 Å². The van der Waals surface area contributed by atoms with Crippen molar-refractivity contribution in [2.45, 2.75) is 13.8 Å². The molecule has 7 heteroatoms. The third-order valence-corrected chi connectivity index (χ3v) is 5.80. The first-order valence-electron chi connectivity index (χ1n) is 9.94. The average Bonchev–Trinajstić information content (AvgIpc) is 3.04. The fraction of sp³-hybridized carbons (Fsp3) is 0.120. The van der Waals surface area contributed by atoms with Crippen LogP contribution < -0.4 is 0 Å². The maximum absolute atomic E-state index is 13.4. The summed E-state index contributed by atoms with van der Waals surface area (Å²) >= 11 is 6.20. The highest BCUT2D eigenvalue weighted by molar-refractivity contribution is 6.34. The lowest BCUT2D eigenvalue weighted by molar-refractivity contribution is 0.00532. The molecule has 3 aromatic rings. The Hall–Kier alpha value is -3.77. The van der Waals surface area contributed by atoms with Gasteiger partial charge in [-0.15, -0.1) is 0 Å². The van der Waals surface area contributed by atoms with Gasteiger partial charge in [0, 0.05) is 5.56 Å². The maximum atomic E-state index is 13.4. The summed E-state index contributed by atoms with van der Waals surface area (Å²) in [7, 11) is 0. The second kappa shape index (κ2) is 8.40. The van der Waals surface area contributed by atoms with Gasteiger partial charge in [0.05, 0.1) is 21.7 Å². The lowest BCUT2D eigenvalue weighted by atomic mass is 10.0. The average molecular weight is 447 g/mol. The van der Waals surface area contributed by atoms with Gasteiger partial charge >= 0.3 is 0 Å². The number of benzene rings is 3. The van der Waals surface area contributed by atoms with E-state index >= 15 is 0 Å². The molecule has 0 saturated carbocycles. The lowest BCUT2D eigenvalue weighted by Crippen LogP contribution is -2.51. The van der Waals surface area contributed by atoms with E-state index in [9.17, 15) is 19.2 Å². The van der Waals surface area contributed by atoms with Crippen LogP contribution in [0.4, 0.5) is 0 Å². The molecule has 0 bridgehead atoms. The molecule has 0 spiro atoms. The molecule has 0 radical (unpaired) electrons. The second-order valence-electron chi connectivity index (χ2n) is 7.53. The molecule has 4 rings (SSSR count). The third kappa shape index (κ3) is 3.69. The Morgan fingerprint density at radius 1 is 0.844 bits per heavy atom. The number of nitrogens with zero attached hydrogens (tertiary/aromatic N) is 2. The van der Waals surface area contributed by atoms with Crippen molar-refractivity contribution in [1.29, 1.82) is 0 Å². The van der Waals surface area contributed by atoms with Crippen LogP contribution in [0.2, 0.25) is 5.02 Å². The summed E-state index contributed by atoms with van der Waals surface area (Å²) in [5, 5.41) is 1.76. The smallest absolute Gasteiger partial charge is 0.280 e. The molecule has 1 aliphatic rings. The molecule has 32 heavy (non-hydrogen) atoms. The van der Waals surface area contributed by atoms with Gasteiger partial charge in [-0.2, -0.15) is 5.01 Å². The molecule has 3 aromatic carbocycles. The molecule has 1 aliphatic heterocycles. The molecule has 1 heterocycles. The Morgan fingerprint density at radius 2 is 1.44 bits per heavy atom. The van der Waals surface area contributed by atoms with Gasteiger partial charge in [0.2, 0.25) is 0 Å². The van der Waals surface area contributed by atoms with Crippen molar-refractivity contribution >= 4 is 35.1 Å². The zero-order valence-electron chi connectivity index (χ0n) is 17.5. The van der Waals surface area contributed by atoms with Crippen LogP contribution in [0.15, 0.2) is 66.7 Å². The zero-order chi connectivity index (χ0) is 23.0. The number of rotatable bonds is 5. The molecule has 0 fully saturated rings. The van der Waals surface area contributed by atoms with Gasteiger partial charge in [-0.25, -0.2) is 5.01 Å². The van der Waals surface area contributed by atoms with Crippen molar-refractivity contribution in [1.82, 2.24) is 10.0 Å². The predicted molar refractivity (Wildman–Crippen MR) is 120 cm³/mol. The van der Waals surface area contributed by atoms with E-state index in [0.29, 0.717) is 5.56 Å². The Morgan fingerprint density at radius 3 is 2.03 bits per heavy atom. The summed E-state index contributed by atoms with van der Waals surface area (Å²) in [4.78, 5) is 52.6. The highest BCUT2D eigenvalue weighted by atomic mass is 35.5. The molecule has 0 aromatic heterocycles. The SMILES string of the molecule is Cc1ccc(C(=O)CN(C(=O)c2ccccc2Cl)N2C(=O)c3ccccc3C2=O)cc1C. The number of fused-ring (bicyclic) bond motifs is 1.